The summed E-state index contributed by atoms with van der Waals surface area (Å²) in [5, 5.41) is 21.0. The Balaban J connectivity index is 2.01. The van der Waals surface area contributed by atoms with E-state index in [1.54, 1.807) is 19.9 Å². The number of ether oxygens (including phenoxy) is 2. The molecule has 0 radical (unpaired) electrons. The molecule has 2 saturated heterocycles. The quantitative estimate of drug-likeness (QED) is 0.460. The molecule has 2 bridgehead atoms. The van der Waals surface area contributed by atoms with Crippen LogP contribution in [0.25, 0.3) is 0 Å². The molecule has 6 heteroatoms. The molecule has 108 valence electrons. The second-order valence-electron chi connectivity index (χ2n) is 6.60. The zero-order chi connectivity index (χ0) is 14.5. The Morgan fingerprint density at radius 1 is 1.35 bits per heavy atom. The van der Waals surface area contributed by atoms with Crippen molar-refractivity contribution in [3.63, 3.8) is 0 Å². The third-order valence-corrected chi connectivity index (χ3v) is 5.93. The van der Waals surface area contributed by atoms with E-state index in [0.717, 1.165) is 0 Å². The van der Waals surface area contributed by atoms with Gasteiger partial charge in [-0.2, -0.15) is 0 Å². The van der Waals surface area contributed by atoms with Gasteiger partial charge in [-0.05, 0) is 12.5 Å². The van der Waals surface area contributed by atoms with E-state index in [4.69, 9.17) is 9.47 Å². The Hall–Kier alpha value is -1.40. The molecule has 0 aromatic carbocycles. The van der Waals surface area contributed by atoms with Crippen LogP contribution in [0.3, 0.4) is 0 Å². The van der Waals surface area contributed by atoms with Crippen LogP contribution in [-0.2, 0) is 19.1 Å². The Kier molecular flexibility index (Phi) is 1.91. The van der Waals surface area contributed by atoms with Crippen LogP contribution in [0.4, 0.5) is 0 Å². The first-order valence-corrected chi connectivity index (χ1v) is 6.80. The molecular formula is C14H16O6. The molecule has 6 nitrogen and oxygen atoms in total. The van der Waals surface area contributed by atoms with Gasteiger partial charge >= 0.3 is 11.9 Å². The number of cyclic esters (lactones) is 1. The molecule has 1 spiro atoms. The van der Waals surface area contributed by atoms with E-state index in [1.807, 2.05) is 0 Å². The van der Waals surface area contributed by atoms with Crippen LogP contribution in [0.2, 0.25) is 0 Å². The maximum atomic E-state index is 12.4. The fourth-order valence-electron chi connectivity index (χ4n) is 4.58. The molecule has 2 heterocycles. The monoisotopic (exact) mass is 280 g/mol. The van der Waals surface area contributed by atoms with Gasteiger partial charge in [0.25, 0.3) is 0 Å². The van der Waals surface area contributed by atoms with E-state index in [0.29, 0.717) is 5.57 Å². The minimum Gasteiger partial charge on any atom is -0.462 e. The Morgan fingerprint density at radius 2 is 2.05 bits per heavy atom. The average Bonchev–Trinajstić information content (AvgIpc) is 2.95. The fourth-order valence-corrected chi connectivity index (χ4v) is 4.58. The summed E-state index contributed by atoms with van der Waals surface area (Å²) in [7, 11) is 0. The van der Waals surface area contributed by atoms with Gasteiger partial charge in [0, 0.05) is 12.3 Å². The minimum absolute atomic E-state index is 0.00248. The lowest BCUT2D eigenvalue weighted by molar-refractivity contribution is -0.175. The zero-order valence-corrected chi connectivity index (χ0v) is 11.3. The summed E-state index contributed by atoms with van der Waals surface area (Å²) in [6.45, 7) is 3.50. The average molecular weight is 280 g/mol. The molecule has 6 atom stereocenters. The van der Waals surface area contributed by atoms with Gasteiger partial charge in [0.15, 0.2) is 0 Å². The second kappa shape index (κ2) is 3.09. The van der Waals surface area contributed by atoms with Crippen molar-refractivity contribution in [3.05, 3.63) is 11.6 Å². The summed E-state index contributed by atoms with van der Waals surface area (Å²) in [6.07, 6.45) is 0.128. The van der Waals surface area contributed by atoms with Crippen LogP contribution in [0, 0.1) is 16.7 Å². The molecule has 2 aliphatic carbocycles. The van der Waals surface area contributed by atoms with Crippen LogP contribution in [0.15, 0.2) is 11.6 Å². The first-order valence-electron chi connectivity index (χ1n) is 6.80. The lowest BCUT2D eigenvalue weighted by Gasteiger charge is -2.46. The first-order chi connectivity index (χ1) is 9.28. The number of rotatable bonds is 0. The smallest absolute Gasteiger partial charge is 0.343 e. The van der Waals surface area contributed by atoms with Gasteiger partial charge in [-0.3, -0.25) is 4.79 Å². The summed E-state index contributed by atoms with van der Waals surface area (Å²) in [5.41, 5.74) is -3.21. The number of aliphatic hydroxyl groups is 2. The number of hydrogen-bond acceptors (Lipinski definition) is 6. The minimum atomic E-state index is -1.85. The molecule has 2 N–H and O–H groups in total. The highest BCUT2D eigenvalue weighted by molar-refractivity contribution is 5.93. The number of hydrogen-bond donors (Lipinski definition) is 2. The van der Waals surface area contributed by atoms with E-state index in [2.05, 4.69) is 0 Å². The normalized spacial score (nSPS) is 56.0. The van der Waals surface area contributed by atoms with Crippen molar-refractivity contribution >= 4 is 11.9 Å². The lowest BCUT2D eigenvalue weighted by Crippen LogP contribution is -2.61. The Labute approximate surface area is 115 Å². The summed E-state index contributed by atoms with van der Waals surface area (Å²) >= 11 is 0. The lowest BCUT2D eigenvalue weighted by atomic mass is 9.53. The molecule has 4 rings (SSSR count). The number of fused-ring (bicyclic) bond motifs is 4. The molecule has 0 aromatic heterocycles. The van der Waals surface area contributed by atoms with Gasteiger partial charge in [-0.25, -0.2) is 4.79 Å². The molecule has 2 aliphatic heterocycles. The molecule has 20 heavy (non-hydrogen) atoms. The van der Waals surface area contributed by atoms with E-state index in [9.17, 15) is 19.8 Å². The van der Waals surface area contributed by atoms with Crippen molar-refractivity contribution in [2.24, 2.45) is 16.7 Å². The van der Waals surface area contributed by atoms with E-state index >= 15 is 0 Å². The third-order valence-electron chi connectivity index (χ3n) is 5.93. The van der Waals surface area contributed by atoms with Crippen LogP contribution in [0.5, 0.6) is 0 Å². The maximum Gasteiger partial charge on any atom is 0.343 e. The summed E-state index contributed by atoms with van der Waals surface area (Å²) in [4.78, 5) is 24.4. The van der Waals surface area contributed by atoms with Crippen molar-refractivity contribution in [1.29, 1.82) is 0 Å². The topological polar surface area (TPSA) is 93.1 Å². The van der Waals surface area contributed by atoms with Crippen LogP contribution >= 0.6 is 0 Å². The molecule has 5 unspecified atom stereocenters. The first kappa shape index (κ1) is 12.3. The summed E-state index contributed by atoms with van der Waals surface area (Å²) in [6, 6.07) is 0. The standard InChI is InChI=1S/C14H16O6/c1-6-7(15)3-8-12(2)5-19-11(17)14(12,18)9-4-13(6,8)10(16)20-9/h3,6-7,9,15,18H,4-5H2,1-2H3/t6?,7?,9?,12-,13?,14?/m1/s1. The molecule has 4 aliphatic rings. The van der Waals surface area contributed by atoms with Gasteiger partial charge in [0.05, 0.1) is 16.9 Å². The van der Waals surface area contributed by atoms with Crippen molar-refractivity contribution in [3.8, 4) is 0 Å². The van der Waals surface area contributed by atoms with Gasteiger partial charge in [0.2, 0.25) is 5.60 Å². The summed E-state index contributed by atoms with van der Waals surface area (Å²) < 4.78 is 10.4. The van der Waals surface area contributed by atoms with Gasteiger partial charge < -0.3 is 19.7 Å². The maximum absolute atomic E-state index is 12.4. The van der Waals surface area contributed by atoms with Gasteiger partial charge in [0.1, 0.15) is 12.7 Å². The number of esters is 2. The highest BCUT2D eigenvalue weighted by Gasteiger charge is 2.79. The number of carbonyl (C=O) groups is 2. The van der Waals surface area contributed by atoms with Crippen molar-refractivity contribution in [2.75, 3.05) is 6.61 Å². The second-order valence-corrected chi connectivity index (χ2v) is 6.60. The van der Waals surface area contributed by atoms with Crippen LogP contribution in [-0.4, -0.2) is 46.6 Å². The fraction of sp³-hybridized carbons (Fsp3) is 0.714. The summed E-state index contributed by atoms with van der Waals surface area (Å²) in [5.74, 6) is -1.52. The van der Waals surface area contributed by atoms with Crippen molar-refractivity contribution in [2.45, 2.75) is 38.1 Å². The molecule has 1 saturated carbocycles. The zero-order valence-electron chi connectivity index (χ0n) is 11.3. The largest absolute Gasteiger partial charge is 0.462 e. The van der Waals surface area contributed by atoms with Gasteiger partial charge in [-0.1, -0.05) is 13.0 Å². The molecule has 3 fully saturated rings. The number of carbonyl (C=O) groups excluding carboxylic acids is 2. The number of aliphatic hydroxyl groups excluding tert-OH is 1. The molecule has 0 aromatic rings. The van der Waals surface area contributed by atoms with Crippen LogP contribution in [0.1, 0.15) is 20.3 Å². The van der Waals surface area contributed by atoms with E-state index in [1.165, 1.54) is 0 Å². The van der Waals surface area contributed by atoms with Gasteiger partial charge in [-0.15, -0.1) is 0 Å². The van der Waals surface area contributed by atoms with Crippen molar-refractivity contribution in [1.82, 2.24) is 0 Å². The third kappa shape index (κ3) is 0.911. The molecule has 0 amide bonds. The predicted molar refractivity (Wildman–Crippen MR) is 64.2 cm³/mol. The van der Waals surface area contributed by atoms with E-state index < -0.39 is 40.6 Å². The predicted octanol–water partition coefficient (Wildman–Crippen LogP) is -0.467. The Morgan fingerprint density at radius 3 is 2.75 bits per heavy atom. The Bertz CT molecular complexity index is 582. The van der Waals surface area contributed by atoms with Crippen molar-refractivity contribution < 1.29 is 29.3 Å². The van der Waals surface area contributed by atoms with E-state index in [-0.39, 0.29) is 18.9 Å². The SMILES string of the molecule is CC1C(O)C=C2C13CC(OC3=O)C1(O)C(=O)OC[C@]21C. The van der Waals surface area contributed by atoms with Crippen LogP contribution < -0.4 is 0 Å². The highest BCUT2D eigenvalue weighted by Crippen LogP contribution is 2.68. The molecular weight excluding hydrogens is 264 g/mol. The highest BCUT2D eigenvalue weighted by atomic mass is 16.6.